The predicted octanol–water partition coefficient (Wildman–Crippen LogP) is 3.21. The fourth-order valence-corrected chi connectivity index (χ4v) is 3.22. The molecule has 0 bridgehead atoms. The van der Waals surface area contributed by atoms with Crippen molar-refractivity contribution < 1.29 is 14.3 Å². The Morgan fingerprint density at radius 1 is 1.07 bits per heavy atom. The smallest absolute Gasteiger partial charge is 0.337 e. The lowest BCUT2D eigenvalue weighted by Crippen LogP contribution is -2.29. The van der Waals surface area contributed by atoms with Gasteiger partial charge in [-0.15, -0.1) is 0 Å². The summed E-state index contributed by atoms with van der Waals surface area (Å²) < 4.78 is 4.74. The maximum Gasteiger partial charge on any atom is 0.337 e. The maximum absolute atomic E-state index is 12.9. The van der Waals surface area contributed by atoms with Crippen molar-refractivity contribution >= 4 is 29.1 Å². The molecule has 0 radical (unpaired) electrons. The monoisotopic (exact) mass is 374 g/mol. The Morgan fingerprint density at radius 3 is 2.79 bits per heavy atom. The zero-order chi connectivity index (χ0) is 19.5. The molecule has 7 heteroatoms. The summed E-state index contributed by atoms with van der Waals surface area (Å²) in [7, 11) is 1.33. The summed E-state index contributed by atoms with van der Waals surface area (Å²) >= 11 is 0. The molecule has 0 spiro atoms. The summed E-state index contributed by atoms with van der Waals surface area (Å²) in [5.41, 5.74) is 3.46. The van der Waals surface area contributed by atoms with Crippen LogP contribution in [0.3, 0.4) is 0 Å². The number of rotatable bonds is 4. The van der Waals surface area contributed by atoms with E-state index < -0.39 is 5.97 Å². The number of para-hydroxylation sites is 1. The number of hydrogen-bond acceptors (Lipinski definition) is 6. The first kappa shape index (κ1) is 17.7. The number of benzene rings is 2. The number of esters is 1. The zero-order valence-corrected chi connectivity index (χ0v) is 15.3. The third kappa shape index (κ3) is 3.42. The molecule has 2 heterocycles. The van der Waals surface area contributed by atoms with Gasteiger partial charge in [0.05, 0.1) is 12.7 Å². The lowest BCUT2D eigenvalue weighted by Gasteiger charge is -2.17. The van der Waals surface area contributed by atoms with Crippen molar-refractivity contribution in [1.82, 2.24) is 9.97 Å². The SMILES string of the molecule is COC(=O)c1cccc(Nc2cc(C(=O)N3CCc4ccccc43)ncn2)c1. The standard InChI is InChI=1S/C21H18N4O3/c1-28-21(27)15-6-4-7-16(11-15)24-19-12-17(22-13-23-19)20(26)25-10-9-14-5-2-3-8-18(14)25/h2-8,11-13H,9-10H2,1H3,(H,22,23,24). The lowest BCUT2D eigenvalue weighted by atomic mass is 10.2. The summed E-state index contributed by atoms with van der Waals surface area (Å²) in [5.74, 6) is -0.124. The summed E-state index contributed by atoms with van der Waals surface area (Å²) in [4.78, 5) is 34.7. The van der Waals surface area contributed by atoms with Crippen LogP contribution in [0, 0.1) is 0 Å². The van der Waals surface area contributed by atoms with Gasteiger partial charge in [-0.25, -0.2) is 14.8 Å². The Morgan fingerprint density at radius 2 is 1.93 bits per heavy atom. The average Bonchev–Trinajstić information content (AvgIpc) is 3.17. The molecule has 1 N–H and O–H groups in total. The van der Waals surface area contributed by atoms with Crippen molar-refractivity contribution in [2.75, 3.05) is 23.9 Å². The molecule has 28 heavy (non-hydrogen) atoms. The van der Waals surface area contributed by atoms with Crippen molar-refractivity contribution in [3.05, 3.63) is 77.7 Å². The molecule has 0 fully saturated rings. The fourth-order valence-electron chi connectivity index (χ4n) is 3.22. The van der Waals surface area contributed by atoms with E-state index in [-0.39, 0.29) is 5.91 Å². The minimum atomic E-state index is -0.421. The van der Waals surface area contributed by atoms with Crippen molar-refractivity contribution in [2.45, 2.75) is 6.42 Å². The number of fused-ring (bicyclic) bond motifs is 1. The highest BCUT2D eigenvalue weighted by Crippen LogP contribution is 2.28. The molecule has 0 unspecified atom stereocenters. The summed E-state index contributed by atoms with van der Waals surface area (Å²) in [6.07, 6.45) is 2.18. The van der Waals surface area contributed by atoms with E-state index in [0.717, 1.165) is 17.7 Å². The Bertz CT molecular complexity index is 1050. The van der Waals surface area contributed by atoms with Crippen LogP contribution in [0.2, 0.25) is 0 Å². The molecule has 1 aliphatic heterocycles. The molecule has 1 aliphatic rings. The van der Waals surface area contributed by atoms with Crippen LogP contribution in [0.4, 0.5) is 17.2 Å². The van der Waals surface area contributed by atoms with Crippen molar-refractivity contribution in [3.8, 4) is 0 Å². The van der Waals surface area contributed by atoms with Crippen LogP contribution in [0.15, 0.2) is 60.9 Å². The van der Waals surface area contributed by atoms with Crippen LogP contribution in [-0.4, -0.2) is 35.5 Å². The van der Waals surface area contributed by atoms with E-state index >= 15 is 0 Å². The van der Waals surface area contributed by atoms with Gasteiger partial charge in [-0.05, 0) is 36.2 Å². The number of nitrogens with zero attached hydrogens (tertiary/aromatic N) is 3. The van der Waals surface area contributed by atoms with Crippen molar-refractivity contribution in [3.63, 3.8) is 0 Å². The number of hydrogen-bond donors (Lipinski definition) is 1. The maximum atomic E-state index is 12.9. The highest BCUT2D eigenvalue weighted by molar-refractivity contribution is 6.06. The molecule has 4 rings (SSSR count). The molecule has 3 aromatic rings. The molecule has 140 valence electrons. The lowest BCUT2D eigenvalue weighted by molar-refractivity contribution is 0.0600. The first-order chi connectivity index (χ1) is 13.7. The third-order valence-electron chi connectivity index (χ3n) is 4.57. The van der Waals surface area contributed by atoms with E-state index in [0.29, 0.717) is 29.3 Å². The van der Waals surface area contributed by atoms with Gasteiger partial charge >= 0.3 is 5.97 Å². The van der Waals surface area contributed by atoms with Gasteiger partial charge < -0.3 is 15.0 Å². The molecule has 0 atom stereocenters. The highest BCUT2D eigenvalue weighted by atomic mass is 16.5. The second kappa shape index (κ2) is 7.48. The minimum Gasteiger partial charge on any atom is -0.465 e. The molecular weight excluding hydrogens is 356 g/mol. The largest absolute Gasteiger partial charge is 0.465 e. The average molecular weight is 374 g/mol. The van der Waals surface area contributed by atoms with Crippen LogP contribution in [0.5, 0.6) is 0 Å². The molecule has 1 amide bonds. The van der Waals surface area contributed by atoms with E-state index in [2.05, 4.69) is 15.3 Å². The number of carbonyl (C=O) groups excluding carboxylic acids is 2. The number of aromatic nitrogens is 2. The quantitative estimate of drug-likeness (QED) is 0.706. The topological polar surface area (TPSA) is 84.4 Å². The van der Waals surface area contributed by atoms with Gasteiger partial charge in [-0.1, -0.05) is 24.3 Å². The van der Waals surface area contributed by atoms with Crippen LogP contribution in [0.1, 0.15) is 26.4 Å². The van der Waals surface area contributed by atoms with Gasteiger partial charge in [0.15, 0.2) is 0 Å². The summed E-state index contributed by atoms with van der Waals surface area (Å²) in [5, 5.41) is 3.10. The van der Waals surface area contributed by atoms with Crippen LogP contribution in [0.25, 0.3) is 0 Å². The van der Waals surface area contributed by atoms with Gasteiger partial charge in [0.1, 0.15) is 17.8 Å². The van der Waals surface area contributed by atoms with Gasteiger partial charge in [0.2, 0.25) is 0 Å². The van der Waals surface area contributed by atoms with Crippen molar-refractivity contribution in [1.29, 1.82) is 0 Å². The van der Waals surface area contributed by atoms with Gasteiger partial charge in [-0.2, -0.15) is 0 Å². The summed E-state index contributed by atoms with van der Waals surface area (Å²) in [6.45, 7) is 0.631. The number of ether oxygens (including phenoxy) is 1. The van der Waals surface area contributed by atoms with Gasteiger partial charge in [0, 0.05) is 24.0 Å². The highest BCUT2D eigenvalue weighted by Gasteiger charge is 2.26. The van der Waals surface area contributed by atoms with E-state index in [1.54, 1.807) is 35.2 Å². The Hall–Kier alpha value is -3.74. The Balaban J connectivity index is 1.56. The number of carbonyl (C=O) groups is 2. The third-order valence-corrected chi connectivity index (χ3v) is 4.57. The van der Waals surface area contributed by atoms with Gasteiger partial charge in [0.25, 0.3) is 5.91 Å². The molecule has 0 saturated carbocycles. The molecule has 7 nitrogen and oxygen atoms in total. The fraction of sp³-hybridized carbons (Fsp3) is 0.143. The molecular formula is C21H18N4O3. The summed E-state index contributed by atoms with van der Waals surface area (Å²) in [6, 6.07) is 16.3. The first-order valence-corrected chi connectivity index (χ1v) is 8.83. The van der Waals surface area contributed by atoms with Crippen LogP contribution >= 0.6 is 0 Å². The number of methoxy groups -OCH3 is 1. The minimum absolute atomic E-state index is 0.168. The molecule has 2 aromatic carbocycles. The van der Waals surface area contributed by atoms with E-state index in [9.17, 15) is 9.59 Å². The van der Waals surface area contributed by atoms with Crippen LogP contribution < -0.4 is 10.2 Å². The zero-order valence-electron chi connectivity index (χ0n) is 15.3. The molecule has 1 aromatic heterocycles. The van der Waals surface area contributed by atoms with Gasteiger partial charge in [-0.3, -0.25) is 4.79 Å². The van der Waals surface area contributed by atoms with E-state index in [1.165, 1.54) is 13.4 Å². The van der Waals surface area contributed by atoms with E-state index in [1.807, 2.05) is 24.3 Å². The second-order valence-corrected chi connectivity index (χ2v) is 6.32. The number of amides is 1. The molecule has 0 aliphatic carbocycles. The Kier molecular flexibility index (Phi) is 4.72. The van der Waals surface area contributed by atoms with Crippen LogP contribution in [-0.2, 0) is 11.2 Å². The Labute approximate surface area is 162 Å². The molecule has 0 saturated heterocycles. The normalized spacial score (nSPS) is 12.4. The van der Waals surface area contributed by atoms with E-state index in [4.69, 9.17) is 4.74 Å². The van der Waals surface area contributed by atoms with Crippen molar-refractivity contribution in [2.24, 2.45) is 0 Å². The predicted molar refractivity (Wildman–Crippen MR) is 105 cm³/mol. The first-order valence-electron chi connectivity index (χ1n) is 8.83. The second-order valence-electron chi connectivity index (χ2n) is 6.32. The number of anilines is 3. The number of nitrogens with one attached hydrogen (secondary N) is 1.